The van der Waals surface area contributed by atoms with E-state index in [1.165, 1.54) is 16.0 Å². The molecule has 0 radical (unpaired) electrons. The average molecular weight is 193 g/mol. The molecule has 2 heteroatoms. The van der Waals surface area contributed by atoms with Crippen LogP contribution in [0.15, 0.2) is 35.2 Å². The van der Waals surface area contributed by atoms with Crippen LogP contribution >= 0.6 is 11.8 Å². The number of anilines is 1. The van der Waals surface area contributed by atoms with Gasteiger partial charge in [0.1, 0.15) is 0 Å². The molecule has 70 valence electrons. The van der Waals surface area contributed by atoms with E-state index in [2.05, 4.69) is 19.6 Å². The van der Waals surface area contributed by atoms with E-state index in [1.54, 1.807) is 0 Å². The molecule has 0 saturated carbocycles. The Morgan fingerprint density at radius 3 is 2.77 bits per heavy atom. The summed E-state index contributed by atoms with van der Waals surface area (Å²) in [5.41, 5.74) is 8.92. The molecular weight excluding hydrogens is 178 g/mol. The Morgan fingerprint density at radius 2 is 2.23 bits per heavy atom. The van der Waals surface area contributed by atoms with Crippen LogP contribution in [0.4, 0.5) is 5.69 Å². The Labute approximate surface area is 84.0 Å². The maximum Gasteiger partial charge on any atom is 0.0317 e. The summed E-state index contributed by atoms with van der Waals surface area (Å²) in [5.74, 6) is 0.977. The molecule has 0 atom stereocenters. The first-order chi connectivity index (χ1) is 6.09. The van der Waals surface area contributed by atoms with Crippen molar-refractivity contribution in [1.82, 2.24) is 0 Å². The molecule has 1 aromatic rings. The van der Waals surface area contributed by atoms with E-state index in [1.807, 2.05) is 30.8 Å². The van der Waals surface area contributed by atoms with Crippen molar-refractivity contribution in [3.8, 4) is 0 Å². The van der Waals surface area contributed by atoms with Gasteiger partial charge >= 0.3 is 0 Å². The lowest BCUT2D eigenvalue weighted by Gasteiger charge is -2.05. The van der Waals surface area contributed by atoms with E-state index in [4.69, 9.17) is 5.73 Å². The molecule has 2 N–H and O–H groups in total. The molecule has 1 aromatic carbocycles. The number of hydrogen-bond acceptors (Lipinski definition) is 2. The van der Waals surface area contributed by atoms with Gasteiger partial charge in [-0.1, -0.05) is 12.2 Å². The Kier molecular flexibility index (Phi) is 3.43. The highest BCUT2D eigenvalue weighted by atomic mass is 32.2. The molecule has 13 heavy (non-hydrogen) atoms. The Balaban J connectivity index is 2.72. The van der Waals surface area contributed by atoms with Gasteiger partial charge in [-0.05, 0) is 37.6 Å². The second-order valence-corrected chi connectivity index (χ2v) is 4.29. The quantitative estimate of drug-likeness (QED) is 0.453. The summed E-state index contributed by atoms with van der Waals surface area (Å²) in [5, 5.41) is 0. The predicted molar refractivity (Wildman–Crippen MR) is 61.1 cm³/mol. The smallest absolute Gasteiger partial charge is 0.0317 e. The van der Waals surface area contributed by atoms with Crippen LogP contribution in [0, 0.1) is 6.92 Å². The highest BCUT2D eigenvalue weighted by Gasteiger charge is 1.98. The highest BCUT2D eigenvalue weighted by Crippen LogP contribution is 2.25. The van der Waals surface area contributed by atoms with Gasteiger partial charge in [-0.2, -0.15) is 0 Å². The second-order valence-electron chi connectivity index (χ2n) is 3.27. The summed E-state index contributed by atoms with van der Waals surface area (Å²) in [7, 11) is 0. The first kappa shape index (κ1) is 10.2. The number of aryl methyl sites for hydroxylation is 1. The molecule has 0 fully saturated rings. The van der Waals surface area contributed by atoms with Gasteiger partial charge in [0.25, 0.3) is 0 Å². The summed E-state index contributed by atoms with van der Waals surface area (Å²) in [6.45, 7) is 7.99. The number of hydrogen-bond donors (Lipinski definition) is 1. The monoisotopic (exact) mass is 193 g/mol. The SMILES string of the molecule is C=C(C)CSc1ccc(N)cc1C. The van der Waals surface area contributed by atoms with Crippen molar-refractivity contribution in [2.24, 2.45) is 0 Å². The van der Waals surface area contributed by atoms with Gasteiger partial charge in [-0.25, -0.2) is 0 Å². The molecule has 0 saturated heterocycles. The van der Waals surface area contributed by atoms with Gasteiger partial charge in [0.05, 0.1) is 0 Å². The molecule has 0 aliphatic heterocycles. The van der Waals surface area contributed by atoms with Crippen molar-refractivity contribution in [3.63, 3.8) is 0 Å². The molecule has 1 nitrogen and oxygen atoms in total. The standard InChI is InChI=1S/C11H15NS/c1-8(2)7-13-11-5-4-10(12)6-9(11)3/h4-6H,1,7,12H2,2-3H3. The molecule has 0 amide bonds. The minimum Gasteiger partial charge on any atom is -0.399 e. The van der Waals surface area contributed by atoms with E-state index in [0.717, 1.165) is 11.4 Å². The lowest BCUT2D eigenvalue weighted by molar-refractivity contribution is 1.30. The molecule has 0 unspecified atom stereocenters. The summed E-state index contributed by atoms with van der Waals surface area (Å²) >= 11 is 1.81. The van der Waals surface area contributed by atoms with E-state index in [0.29, 0.717) is 0 Å². The number of thioether (sulfide) groups is 1. The van der Waals surface area contributed by atoms with E-state index in [9.17, 15) is 0 Å². The normalized spacial score (nSPS) is 10.0. The van der Waals surface area contributed by atoms with E-state index < -0.39 is 0 Å². The minimum atomic E-state index is 0.831. The van der Waals surface area contributed by atoms with Gasteiger partial charge in [-0.15, -0.1) is 11.8 Å². The van der Waals surface area contributed by atoms with Crippen molar-refractivity contribution >= 4 is 17.4 Å². The maximum atomic E-state index is 5.66. The summed E-state index contributed by atoms with van der Waals surface area (Å²) in [6.07, 6.45) is 0. The van der Waals surface area contributed by atoms with Crippen LogP contribution in [0.3, 0.4) is 0 Å². The number of nitrogen functional groups attached to an aromatic ring is 1. The van der Waals surface area contributed by atoms with Crippen LogP contribution < -0.4 is 5.73 Å². The molecule has 0 heterocycles. The van der Waals surface area contributed by atoms with Gasteiger partial charge in [0, 0.05) is 16.3 Å². The Bertz CT molecular complexity index is 318. The summed E-state index contributed by atoms with van der Waals surface area (Å²) in [4.78, 5) is 1.29. The Hall–Kier alpha value is -0.890. The third kappa shape index (κ3) is 3.15. The topological polar surface area (TPSA) is 26.0 Å². The van der Waals surface area contributed by atoms with Gasteiger partial charge in [0.15, 0.2) is 0 Å². The predicted octanol–water partition coefficient (Wildman–Crippen LogP) is 3.25. The van der Waals surface area contributed by atoms with Gasteiger partial charge in [-0.3, -0.25) is 0 Å². The zero-order valence-corrected chi connectivity index (χ0v) is 8.95. The van der Waals surface area contributed by atoms with Crippen LogP contribution in [-0.4, -0.2) is 5.75 Å². The fraction of sp³-hybridized carbons (Fsp3) is 0.273. The zero-order valence-electron chi connectivity index (χ0n) is 8.13. The van der Waals surface area contributed by atoms with Crippen LogP contribution in [0.2, 0.25) is 0 Å². The summed E-state index contributed by atoms with van der Waals surface area (Å²) in [6, 6.07) is 6.01. The Morgan fingerprint density at radius 1 is 1.54 bits per heavy atom. The van der Waals surface area contributed by atoms with Crippen molar-refractivity contribution in [1.29, 1.82) is 0 Å². The fourth-order valence-electron chi connectivity index (χ4n) is 1.04. The van der Waals surface area contributed by atoms with Crippen LogP contribution in [0.25, 0.3) is 0 Å². The number of rotatable bonds is 3. The highest BCUT2D eigenvalue weighted by molar-refractivity contribution is 7.99. The van der Waals surface area contributed by atoms with E-state index in [-0.39, 0.29) is 0 Å². The molecular formula is C11H15NS. The molecule has 0 aromatic heterocycles. The molecule has 1 rings (SSSR count). The second kappa shape index (κ2) is 4.38. The minimum absolute atomic E-state index is 0.831. The van der Waals surface area contributed by atoms with Crippen LogP contribution in [0.5, 0.6) is 0 Å². The third-order valence-corrected chi connectivity index (χ3v) is 3.08. The van der Waals surface area contributed by atoms with Gasteiger partial charge in [0.2, 0.25) is 0 Å². The largest absolute Gasteiger partial charge is 0.399 e. The molecule has 0 aliphatic carbocycles. The average Bonchev–Trinajstić information content (AvgIpc) is 2.02. The van der Waals surface area contributed by atoms with Gasteiger partial charge < -0.3 is 5.73 Å². The van der Waals surface area contributed by atoms with Crippen molar-refractivity contribution in [2.45, 2.75) is 18.7 Å². The lowest BCUT2D eigenvalue weighted by Crippen LogP contribution is -1.88. The molecule has 0 bridgehead atoms. The van der Waals surface area contributed by atoms with Crippen LogP contribution in [0.1, 0.15) is 12.5 Å². The lowest BCUT2D eigenvalue weighted by atomic mass is 10.2. The number of nitrogens with two attached hydrogens (primary N) is 1. The first-order valence-corrected chi connectivity index (χ1v) is 5.21. The fourth-order valence-corrected chi connectivity index (χ4v) is 1.89. The van der Waals surface area contributed by atoms with Crippen molar-refractivity contribution < 1.29 is 0 Å². The van der Waals surface area contributed by atoms with Crippen molar-refractivity contribution in [3.05, 3.63) is 35.9 Å². The number of benzene rings is 1. The zero-order chi connectivity index (χ0) is 9.84. The maximum absolute atomic E-state index is 5.66. The molecule has 0 aliphatic rings. The molecule has 0 spiro atoms. The third-order valence-electron chi connectivity index (χ3n) is 1.67. The van der Waals surface area contributed by atoms with Crippen molar-refractivity contribution in [2.75, 3.05) is 11.5 Å². The first-order valence-electron chi connectivity index (χ1n) is 4.23. The summed E-state index contributed by atoms with van der Waals surface area (Å²) < 4.78 is 0. The van der Waals surface area contributed by atoms with Crippen LogP contribution in [-0.2, 0) is 0 Å². The van der Waals surface area contributed by atoms with E-state index >= 15 is 0 Å².